The van der Waals surface area contributed by atoms with Crippen molar-refractivity contribution < 1.29 is 19.1 Å². The van der Waals surface area contributed by atoms with Gasteiger partial charge >= 0.3 is 5.97 Å². The van der Waals surface area contributed by atoms with Gasteiger partial charge in [-0.05, 0) is 61.8 Å². The average molecular weight is 462 g/mol. The molecule has 0 unspecified atom stereocenters. The average Bonchev–Trinajstić information content (AvgIpc) is 3.77. The van der Waals surface area contributed by atoms with Crippen LogP contribution in [-0.4, -0.2) is 44.8 Å². The molecule has 2 aliphatic carbocycles. The Morgan fingerprint density at radius 1 is 1.12 bits per heavy atom. The molecule has 5 rings (SSSR count). The first-order valence-electron chi connectivity index (χ1n) is 12.0. The van der Waals surface area contributed by atoms with Crippen molar-refractivity contribution >= 4 is 11.9 Å². The first-order valence-corrected chi connectivity index (χ1v) is 12.0. The lowest BCUT2D eigenvalue weighted by molar-refractivity contribution is 0.0694. The zero-order valence-corrected chi connectivity index (χ0v) is 19.2. The summed E-state index contributed by atoms with van der Waals surface area (Å²) in [5.74, 6) is -1.09. The van der Waals surface area contributed by atoms with Crippen LogP contribution in [0.25, 0.3) is 16.8 Å². The summed E-state index contributed by atoms with van der Waals surface area (Å²) in [6.07, 6.45) is 6.32. The van der Waals surface area contributed by atoms with Crippen molar-refractivity contribution in [3.8, 4) is 16.8 Å². The fourth-order valence-electron chi connectivity index (χ4n) is 4.53. The first kappa shape index (κ1) is 22.3. The zero-order valence-electron chi connectivity index (χ0n) is 19.2. The number of amides is 1. The van der Waals surface area contributed by atoms with E-state index in [1.165, 1.54) is 6.20 Å². The Labute approximate surface area is 198 Å². The second-order valence-corrected chi connectivity index (χ2v) is 9.35. The number of benzene rings is 2. The van der Waals surface area contributed by atoms with E-state index >= 15 is 4.39 Å². The molecule has 1 amide bonds. The van der Waals surface area contributed by atoms with Crippen LogP contribution in [-0.2, 0) is 0 Å². The summed E-state index contributed by atoms with van der Waals surface area (Å²) in [6, 6.07) is 12.2. The molecule has 2 saturated carbocycles. The quantitative estimate of drug-likeness (QED) is 0.456. The van der Waals surface area contributed by atoms with E-state index in [0.717, 1.165) is 32.1 Å². The number of rotatable bonds is 9. The second-order valence-electron chi connectivity index (χ2n) is 9.35. The number of hydrogen-bond donors (Lipinski definition) is 1. The standard InChI is InChI=1S/C27H28FN3O3/c1-2-13-30(16-17-9-10-17)26(32)22-8-4-7-21(24(22)28)19-5-3-6-20(14-19)31-25(18-11-12-18)23(15-29-31)27(33)34/h3-8,14-15,17-18H,2,9-13,16H2,1H3,(H,33,34). The third kappa shape index (κ3) is 4.34. The molecule has 0 spiro atoms. The van der Waals surface area contributed by atoms with Gasteiger partial charge in [0.05, 0.1) is 23.1 Å². The van der Waals surface area contributed by atoms with Crippen LogP contribution in [0, 0.1) is 11.7 Å². The molecule has 3 aromatic rings. The summed E-state index contributed by atoms with van der Waals surface area (Å²) < 4.78 is 17.3. The molecule has 2 fully saturated rings. The van der Waals surface area contributed by atoms with Crippen molar-refractivity contribution in [2.45, 2.75) is 44.9 Å². The van der Waals surface area contributed by atoms with Gasteiger partial charge in [0.1, 0.15) is 11.4 Å². The van der Waals surface area contributed by atoms with Gasteiger partial charge in [0.2, 0.25) is 0 Å². The molecule has 2 aromatic carbocycles. The number of aromatic carboxylic acids is 1. The third-order valence-electron chi connectivity index (χ3n) is 6.59. The highest BCUT2D eigenvalue weighted by Gasteiger charge is 2.33. The molecule has 0 atom stereocenters. The lowest BCUT2D eigenvalue weighted by atomic mass is 10.0. The van der Waals surface area contributed by atoms with Gasteiger partial charge in [-0.1, -0.05) is 31.2 Å². The fraction of sp³-hybridized carbons (Fsp3) is 0.370. The van der Waals surface area contributed by atoms with E-state index in [1.807, 2.05) is 13.0 Å². The first-order chi connectivity index (χ1) is 16.5. The Bertz CT molecular complexity index is 1240. The van der Waals surface area contributed by atoms with Crippen LogP contribution in [0.1, 0.15) is 71.4 Å². The van der Waals surface area contributed by atoms with Crippen LogP contribution in [0.2, 0.25) is 0 Å². The zero-order chi connectivity index (χ0) is 23.8. The lowest BCUT2D eigenvalue weighted by Gasteiger charge is -2.23. The number of halogens is 1. The maximum atomic E-state index is 15.7. The molecule has 2 aliphatic rings. The van der Waals surface area contributed by atoms with E-state index in [1.54, 1.807) is 46.0 Å². The number of aromatic nitrogens is 2. The van der Waals surface area contributed by atoms with Gasteiger partial charge in [-0.3, -0.25) is 4.79 Å². The number of nitrogens with zero attached hydrogens (tertiary/aromatic N) is 3. The minimum Gasteiger partial charge on any atom is -0.478 e. The van der Waals surface area contributed by atoms with Crippen molar-refractivity contribution in [3.05, 3.63) is 71.3 Å². The van der Waals surface area contributed by atoms with Gasteiger partial charge < -0.3 is 10.0 Å². The Kier molecular flexibility index (Phi) is 5.94. The van der Waals surface area contributed by atoms with E-state index in [9.17, 15) is 14.7 Å². The van der Waals surface area contributed by atoms with Crippen molar-refractivity contribution in [3.63, 3.8) is 0 Å². The van der Waals surface area contributed by atoms with E-state index in [4.69, 9.17) is 0 Å². The summed E-state index contributed by atoms with van der Waals surface area (Å²) in [6.45, 7) is 3.32. The Balaban J connectivity index is 1.50. The van der Waals surface area contributed by atoms with Gasteiger partial charge in [-0.2, -0.15) is 5.10 Å². The molecular formula is C27H28FN3O3. The fourth-order valence-corrected chi connectivity index (χ4v) is 4.53. The van der Waals surface area contributed by atoms with E-state index in [0.29, 0.717) is 41.5 Å². The van der Waals surface area contributed by atoms with Crippen LogP contribution in [0.4, 0.5) is 4.39 Å². The second kappa shape index (κ2) is 9.05. The summed E-state index contributed by atoms with van der Waals surface area (Å²) >= 11 is 0. The van der Waals surface area contributed by atoms with Gasteiger partial charge in [0.15, 0.2) is 0 Å². The van der Waals surface area contributed by atoms with Gasteiger partial charge in [-0.15, -0.1) is 0 Å². The molecule has 0 bridgehead atoms. The molecule has 176 valence electrons. The summed E-state index contributed by atoms with van der Waals surface area (Å²) in [5, 5.41) is 13.9. The lowest BCUT2D eigenvalue weighted by Crippen LogP contribution is -2.34. The number of carboxylic acid groups (broad SMARTS) is 1. The Morgan fingerprint density at radius 3 is 2.56 bits per heavy atom. The van der Waals surface area contributed by atoms with Crippen molar-refractivity contribution in [2.24, 2.45) is 5.92 Å². The van der Waals surface area contributed by atoms with E-state index in [2.05, 4.69) is 5.10 Å². The Hall–Kier alpha value is -3.48. The summed E-state index contributed by atoms with van der Waals surface area (Å²) in [5.41, 5.74) is 2.60. The minimum absolute atomic E-state index is 0.0860. The van der Waals surface area contributed by atoms with Crippen LogP contribution >= 0.6 is 0 Å². The molecule has 7 heteroatoms. The molecule has 1 aromatic heterocycles. The SMILES string of the molecule is CCCN(CC1CC1)C(=O)c1cccc(-c2cccc(-n3ncc(C(=O)O)c3C3CC3)c2)c1F. The topological polar surface area (TPSA) is 75.4 Å². The van der Waals surface area contributed by atoms with Gasteiger partial charge in [-0.25, -0.2) is 13.9 Å². The molecule has 0 aliphatic heterocycles. The molecule has 1 heterocycles. The van der Waals surface area contributed by atoms with Crippen molar-refractivity contribution in [1.82, 2.24) is 14.7 Å². The monoisotopic (exact) mass is 461 g/mol. The van der Waals surface area contributed by atoms with E-state index < -0.39 is 11.8 Å². The predicted molar refractivity (Wildman–Crippen MR) is 127 cm³/mol. The number of carbonyl (C=O) groups excluding carboxylic acids is 1. The summed E-state index contributed by atoms with van der Waals surface area (Å²) in [7, 11) is 0. The molecular weight excluding hydrogens is 433 g/mol. The smallest absolute Gasteiger partial charge is 0.339 e. The van der Waals surface area contributed by atoms with Crippen molar-refractivity contribution in [1.29, 1.82) is 0 Å². The summed E-state index contributed by atoms with van der Waals surface area (Å²) in [4.78, 5) is 26.6. The largest absolute Gasteiger partial charge is 0.478 e. The molecule has 1 N–H and O–H groups in total. The highest BCUT2D eigenvalue weighted by molar-refractivity contribution is 5.96. The third-order valence-corrected chi connectivity index (χ3v) is 6.59. The molecule has 34 heavy (non-hydrogen) atoms. The molecule has 0 radical (unpaired) electrons. The Morgan fingerprint density at radius 2 is 1.88 bits per heavy atom. The normalized spacial score (nSPS) is 15.4. The molecule has 0 saturated heterocycles. The van der Waals surface area contributed by atoms with Crippen LogP contribution in [0.15, 0.2) is 48.7 Å². The number of hydrogen-bond acceptors (Lipinski definition) is 3. The van der Waals surface area contributed by atoms with Crippen LogP contribution in [0.3, 0.4) is 0 Å². The molecule has 6 nitrogen and oxygen atoms in total. The maximum absolute atomic E-state index is 15.7. The van der Waals surface area contributed by atoms with Crippen molar-refractivity contribution in [2.75, 3.05) is 13.1 Å². The van der Waals surface area contributed by atoms with E-state index in [-0.39, 0.29) is 23.0 Å². The van der Waals surface area contributed by atoms with Crippen LogP contribution in [0.5, 0.6) is 0 Å². The predicted octanol–water partition coefficient (Wildman–Crippen LogP) is 5.52. The maximum Gasteiger partial charge on any atom is 0.339 e. The number of carboxylic acids is 1. The number of carbonyl (C=O) groups is 2. The highest BCUT2D eigenvalue weighted by atomic mass is 19.1. The van der Waals surface area contributed by atoms with Gasteiger partial charge in [0.25, 0.3) is 5.91 Å². The highest BCUT2D eigenvalue weighted by Crippen LogP contribution is 2.42. The van der Waals surface area contributed by atoms with Crippen LogP contribution < -0.4 is 0 Å². The minimum atomic E-state index is -0.996. The van der Waals surface area contributed by atoms with Gasteiger partial charge in [0, 0.05) is 24.6 Å².